The van der Waals surface area contributed by atoms with Gasteiger partial charge in [-0.05, 0) is 6.42 Å². The number of nitrogens with two attached hydrogens (primary N) is 3. The summed E-state index contributed by atoms with van der Waals surface area (Å²) < 4.78 is 0. The lowest BCUT2D eigenvalue weighted by molar-refractivity contribution is -0.134. The van der Waals surface area contributed by atoms with Crippen LogP contribution in [0.2, 0.25) is 0 Å². The van der Waals surface area contributed by atoms with E-state index in [-0.39, 0.29) is 37.0 Å². The van der Waals surface area contributed by atoms with Crippen LogP contribution in [-0.4, -0.2) is 141 Å². The first-order valence-electron chi connectivity index (χ1n) is 17.6. The molecule has 0 rings (SSSR count). The second kappa shape index (κ2) is 33.6. The Morgan fingerprint density at radius 2 is 0.915 bits per heavy atom. The van der Waals surface area contributed by atoms with E-state index in [0.29, 0.717) is 45.8 Å². The molecule has 3 amide bonds. The highest BCUT2D eigenvalue weighted by atomic mass is 16.2. The van der Waals surface area contributed by atoms with Crippen LogP contribution < -0.4 is 65.1 Å². The predicted molar refractivity (Wildman–Crippen MR) is 189 cm³/mol. The van der Waals surface area contributed by atoms with E-state index in [2.05, 4.69) is 54.8 Å². The number of amides is 3. The number of unbranched alkanes of at least 4 members (excludes halogenated alkanes) is 3. The van der Waals surface area contributed by atoms with Crippen molar-refractivity contribution in [3.05, 3.63) is 0 Å². The van der Waals surface area contributed by atoms with Crippen LogP contribution in [0.4, 0.5) is 0 Å². The van der Waals surface area contributed by atoms with Crippen molar-refractivity contribution in [3.63, 3.8) is 0 Å². The van der Waals surface area contributed by atoms with Crippen LogP contribution in [0.15, 0.2) is 0 Å². The molecule has 0 bridgehead atoms. The average Bonchev–Trinajstić information content (AvgIpc) is 3.05. The number of hydrogen-bond donors (Lipinski definition) is 12. The van der Waals surface area contributed by atoms with E-state index < -0.39 is 17.7 Å². The van der Waals surface area contributed by atoms with Crippen molar-refractivity contribution in [2.75, 3.05) is 111 Å². The minimum absolute atomic E-state index is 0.131. The van der Waals surface area contributed by atoms with Crippen LogP contribution in [0.3, 0.4) is 0 Å². The van der Waals surface area contributed by atoms with Crippen LogP contribution in [-0.2, 0) is 19.2 Å². The third kappa shape index (κ3) is 29.6. The number of ketones is 1. The van der Waals surface area contributed by atoms with Crippen molar-refractivity contribution in [1.29, 1.82) is 0 Å². The summed E-state index contributed by atoms with van der Waals surface area (Å²) in [5, 5.41) is 27.9. The molecule has 0 saturated carbocycles. The van der Waals surface area contributed by atoms with E-state index in [4.69, 9.17) is 17.2 Å². The quantitative estimate of drug-likeness (QED) is 0.0288. The zero-order chi connectivity index (χ0) is 34.8. The monoisotopic (exact) mass is 673 g/mol. The molecule has 0 unspecified atom stereocenters. The third-order valence-electron chi connectivity index (χ3n) is 7.20. The molecule has 0 aromatic heterocycles. The highest BCUT2D eigenvalue weighted by Crippen LogP contribution is 2.12. The lowest BCUT2D eigenvalue weighted by atomic mass is 9.93. The molecule has 2 atom stereocenters. The topological polar surface area (TPSA) is 255 Å². The third-order valence-corrected chi connectivity index (χ3v) is 7.20. The van der Waals surface area contributed by atoms with Gasteiger partial charge < -0.3 is 65.1 Å². The Kier molecular flexibility index (Phi) is 32.0. The van der Waals surface area contributed by atoms with E-state index in [1.54, 1.807) is 0 Å². The summed E-state index contributed by atoms with van der Waals surface area (Å²) >= 11 is 0. The van der Waals surface area contributed by atoms with Gasteiger partial charge in [-0.1, -0.05) is 26.2 Å². The molecule has 0 aliphatic carbocycles. The van der Waals surface area contributed by atoms with Gasteiger partial charge in [0.25, 0.3) is 0 Å². The minimum Gasteiger partial charge on any atom is -0.356 e. The normalized spacial score (nSPS) is 12.4. The number of nitrogens with one attached hydrogen (secondary N) is 9. The van der Waals surface area contributed by atoms with E-state index in [1.165, 1.54) is 0 Å². The fraction of sp³-hybridized carbons (Fsp3) is 0.871. The predicted octanol–water partition coefficient (Wildman–Crippen LogP) is -3.95. The molecule has 0 heterocycles. The first kappa shape index (κ1) is 44.7. The molecule has 0 spiro atoms. The largest absolute Gasteiger partial charge is 0.356 e. The molecule has 47 heavy (non-hydrogen) atoms. The van der Waals surface area contributed by atoms with Gasteiger partial charge in [0, 0.05) is 131 Å². The Labute approximate surface area is 282 Å². The summed E-state index contributed by atoms with van der Waals surface area (Å²) in [4.78, 5) is 50.9. The molecule has 0 aromatic carbocycles. The van der Waals surface area contributed by atoms with Crippen LogP contribution in [0.1, 0.15) is 51.9 Å². The Morgan fingerprint density at radius 1 is 0.489 bits per heavy atom. The summed E-state index contributed by atoms with van der Waals surface area (Å²) in [6.45, 7) is 13.9. The number of rotatable bonds is 35. The zero-order valence-corrected chi connectivity index (χ0v) is 29.0. The number of hydrogen-bond acceptors (Lipinski definition) is 13. The lowest BCUT2D eigenvalue weighted by Crippen LogP contribution is -2.43. The molecule has 15 N–H and O–H groups in total. The molecule has 16 nitrogen and oxygen atoms in total. The molecular formula is C31H68N12O4. The molecule has 16 heteroatoms. The van der Waals surface area contributed by atoms with Crippen molar-refractivity contribution in [3.8, 4) is 0 Å². The average molecular weight is 673 g/mol. The van der Waals surface area contributed by atoms with E-state index in [9.17, 15) is 19.2 Å². The van der Waals surface area contributed by atoms with Gasteiger partial charge in [-0.3, -0.25) is 19.2 Å². The first-order valence-corrected chi connectivity index (χ1v) is 17.6. The summed E-state index contributed by atoms with van der Waals surface area (Å²) in [6.07, 6.45) is 3.46. The van der Waals surface area contributed by atoms with E-state index in [1.807, 2.05) is 0 Å². The zero-order valence-electron chi connectivity index (χ0n) is 29.0. The summed E-state index contributed by atoms with van der Waals surface area (Å²) in [7, 11) is 0. The second-order valence-electron chi connectivity index (χ2n) is 11.5. The van der Waals surface area contributed by atoms with Crippen molar-refractivity contribution < 1.29 is 19.2 Å². The Hall–Kier alpha value is -2.28. The van der Waals surface area contributed by atoms with Gasteiger partial charge in [0.1, 0.15) is 0 Å². The van der Waals surface area contributed by atoms with Gasteiger partial charge >= 0.3 is 0 Å². The van der Waals surface area contributed by atoms with Gasteiger partial charge in [-0.15, -0.1) is 0 Å². The molecule has 0 saturated heterocycles. The maximum atomic E-state index is 13.0. The fourth-order valence-corrected chi connectivity index (χ4v) is 4.48. The van der Waals surface area contributed by atoms with E-state index in [0.717, 1.165) is 91.1 Å². The number of carbonyl (C=O) groups excluding carboxylic acids is 4. The van der Waals surface area contributed by atoms with Crippen LogP contribution in [0.25, 0.3) is 0 Å². The number of Topliss-reactive ketones (excluding diaryl/α,β-unsaturated/α-hetero) is 1. The van der Waals surface area contributed by atoms with Crippen LogP contribution in [0, 0.1) is 5.92 Å². The minimum atomic E-state index is -1.06. The second-order valence-corrected chi connectivity index (χ2v) is 11.5. The van der Waals surface area contributed by atoms with Crippen LogP contribution in [0.5, 0.6) is 0 Å². The Balaban J connectivity index is 4.46. The maximum Gasteiger partial charge on any atom is 0.224 e. The van der Waals surface area contributed by atoms with Gasteiger partial charge in [-0.2, -0.15) is 0 Å². The molecule has 0 aliphatic heterocycles. The summed E-state index contributed by atoms with van der Waals surface area (Å²) in [5.41, 5.74) is 16.9. The molecule has 0 aromatic rings. The van der Waals surface area contributed by atoms with Gasteiger partial charge in [-0.25, -0.2) is 0 Å². The van der Waals surface area contributed by atoms with Crippen molar-refractivity contribution in [2.45, 2.75) is 57.9 Å². The fourth-order valence-electron chi connectivity index (χ4n) is 4.48. The summed E-state index contributed by atoms with van der Waals surface area (Å²) in [6, 6.07) is -1.06. The molecule has 0 fully saturated rings. The van der Waals surface area contributed by atoms with Crippen molar-refractivity contribution in [1.82, 2.24) is 47.9 Å². The lowest BCUT2D eigenvalue weighted by Gasteiger charge is -2.18. The van der Waals surface area contributed by atoms with E-state index >= 15 is 0 Å². The maximum absolute atomic E-state index is 13.0. The van der Waals surface area contributed by atoms with Crippen molar-refractivity contribution in [2.24, 2.45) is 23.1 Å². The van der Waals surface area contributed by atoms with Gasteiger partial charge in [0.2, 0.25) is 17.7 Å². The SMILES string of the molecule is CCCCCCNC(=O)[C@H](CC(=O)NCCNCCNCCNCCN)CC(=O)[C@H](N)CC(=O)NCCNCCNCCNCCN. The van der Waals surface area contributed by atoms with Gasteiger partial charge in [0.15, 0.2) is 5.78 Å². The highest BCUT2D eigenvalue weighted by molar-refractivity contribution is 5.94. The van der Waals surface area contributed by atoms with Crippen LogP contribution >= 0.6 is 0 Å². The molecular weight excluding hydrogens is 604 g/mol. The first-order chi connectivity index (χ1) is 22.8. The molecule has 276 valence electrons. The number of carbonyl (C=O) groups is 4. The summed E-state index contributed by atoms with van der Waals surface area (Å²) in [5.74, 6) is -2.28. The highest BCUT2D eigenvalue weighted by Gasteiger charge is 2.28. The molecule has 0 aliphatic rings. The standard InChI is InChI=1S/C31H68N12O4/c1-2-3-4-5-8-43-31(47)26(24-29(45)41-21-19-39-17-15-37-13-11-35-9-6-32)23-28(44)27(34)25-30(46)42-22-20-40-18-16-38-14-12-36-10-7-33/h26-27,35-40H,2-25,32-34H2,1H3,(H,41,45)(H,42,46)(H,43,47)/t26-,27+/m0/s1. The Bertz CT molecular complexity index is 794. The molecule has 0 radical (unpaired) electrons. The Morgan fingerprint density at radius 3 is 1.36 bits per heavy atom. The van der Waals surface area contributed by atoms with Gasteiger partial charge in [0.05, 0.1) is 12.0 Å². The van der Waals surface area contributed by atoms with Crippen molar-refractivity contribution >= 4 is 23.5 Å². The smallest absolute Gasteiger partial charge is 0.224 e.